The second kappa shape index (κ2) is 5.40. The smallest absolute Gasteiger partial charge is 0.334 e. The quantitative estimate of drug-likeness (QED) is 0.708. The van der Waals surface area contributed by atoms with Crippen molar-refractivity contribution in [1.29, 1.82) is 0 Å². The minimum atomic E-state index is -1.67. The molecule has 1 atom stereocenters. The predicted octanol–water partition coefficient (Wildman–Crippen LogP) is 0.309. The number of amides is 1. The number of halogens is 1. The van der Waals surface area contributed by atoms with Crippen molar-refractivity contribution in [3.05, 3.63) is 35.1 Å². The molecule has 0 heterocycles. The first-order chi connectivity index (χ1) is 7.91. The third kappa shape index (κ3) is 3.53. The molecule has 0 saturated carbocycles. The number of hydrogen-bond acceptors (Lipinski definition) is 3. The number of carboxylic acid groups (broad SMARTS) is 1. The Bertz CT molecular complexity index is 447. The van der Waals surface area contributed by atoms with Gasteiger partial charge in [0.15, 0.2) is 6.10 Å². The third-order valence-corrected chi connectivity index (χ3v) is 2.19. The summed E-state index contributed by atoms with van der Waals surface area (Å²) in [7, 11) is 0. The first-order valence-corrected chi connectivity index (χ1v) is 4.87. The van der Waals surface area contributed by atoms with Crippen LogP contribution in [-0.4, -0.2) is 34.7 Å². The fourth-order valence-electron chi connectivity index (χ4n) is 1.21. The number of carboxylic acids is 1. The Labute approximate surface area is 96.9 Å². The van der Waals surface area contributed by atoms with Crippen molar-refractivity contribution < 1.29 is 24.2 Å². The Morgan fingerprint density at radius 3 is 2.71 bits per heavy atom. The molecule has 1 aromatic rings. The molecular formula is C11H12FNO4. The van der Waals surface area contributed by atoms with E-state index in [4.69, 9.17) is 10.2 Å². The Kier molecular flexibility index (Phi) is 4.17. The summed E-state index contributed by atoms with van der Waals surface area (Å²) in [6.45, 7) is 1.20. The maximum absolute atomic E-state index is 12.9. The fraction of sp³-hybridized carbons (Fsp3) is 0.273. The first kappa shape index (κ1) is 13.1. The lowest BCUT2D eigenvalue weighted by Gasteiger charge is -2.09. The van der Waals surface area contributed by atoms with Crippen molar-refractivity contribution in [1.82, 2.24) is 5.32 Å². The summed E-state index contributed by atoms with van der Waals surface area (Å²) in [6, 6.07) is 3.72. The van der Waals surface area contributed by atoms with E-state index in [1.807, 2.05) is 0 Å². The number of carbonyl (C=O) groups excluding carboxylic acids is 1. The lowest BCUT2D eigenvalue weighted by molar-refractivity contribution is -0.146. The average Bonchev–Trinajstić information content (AvgIpc) is 2.28. The summed E-state index contributed by atoms with van der Waals surface area (Å²) in [6.07, 6.45) is -1.67. The molecule has 1 unspecified atom stereocenters. The molecule has 1 amide bonds. The SMILES string of the molecule is Cc1ccc(F)cc1C(=O)NCC(O)C(=O)O. The molecule has 0 radical (unpaired) electrons. The van der Waals surface area contributed by atoms with Crippen LogP contribution in [0, 0.1) is 12.7 Å². The van der Waals surface area contributed by atoms with Gasteiger partial charge in [-0.2, -0.15) is 0 Å². The number of aliphatic hydroxyl groups is 1. The van der Waals surface area contributed by atoms with Gasteiger partial charge < -0.3 is 15.5 Å². The van der Waals surface area contributed by atoms with Gasteiger partial charge in [0.25, 0.3) is 5.91 Å². The van der Waals surface area contributed by atoms with E-state index >= 15 is 0 Å². The van der Waals surface area contributed by atoms with Crippen molar-refractivity contribution in [2.45, 2.75) is 13.0 Å². The molecule has 0 spiro atoms. The van der Waals surface area contributed by atoms with Crippen LogP contribution in [0.2, 0.25) is 0 Å². The molecule has 0 aliphatic heterocycles. The minimum Gasteiger partial charge on any atom is -0.479 e. The Morgan fingerprint density at radius 1 is 1.47 bits per heavy atom. The van der Waals surface area contributed by atoms with Crippen LogP contribution >= 0.6 is 0 Å². The van der Waals surface area contributed by atoms with Crippen molar-refractivity contribution in [3.63, 3.8) is 0 Å². The number of hydrogen-bond donors (Lipinski definition) is 3. The average molecular weight is 241 g/mol. The summed E-state index contributed by atoms with van der Waals surface area (Å²) in [5.41, 5.74) is 0.677. The van der Waals surface area contributed by atoms with Gasteiger partial charge in [0, 0.05) is 5.56 Å². The largest absolute Gasteiger partial charge is 0.479 e. The van der Waals surface area contributed by atoms with E-state index in [9.17, 15) is 14.0 Å². The van der Waals surface area contributed by atoms with Gasteiger partial charge in [0.05, 0.1) is 6.54 Å². The van der Waals surface area contributed by atoms with Crippen molar-refractivity contribution in [3.8, 4) is 0 Å². The molecule has 0 bridgehead atoms. The second-order valence-corrected chi connectivity index (χ2v) is 3.52. The van der Waals surface area contributed by atoms with Gasteiger partial charge in [-0.15, -0.1) is 0 Å². The van der Waals surface area contributed by atoms with Gasteiger partial charge >= 0.3 is 5.97 Å². The van der Waals surface area contributed by atoms with Crippen LogP contribution in [0.1, 0.15) is 15.9 Å². The van der Waals surface area contributed by atoms with Crippen LogP contribution in [0.15, 0.2) is 18.2 Å². The number of aliphatic carboxylic acids is 1. The normalized spacial score (nSPS) is 11.9. The molecule has 0 aromatic heterocycles. The molecule has 92 valence electrons. The number of aliphatic hydroxyl groups excluding tert-OH is 1. The summed E-state index contributed by atoms with van der Waals surface area (Å²) in [5, 5.41) is 19.6. The van der Waals surface area contributed by atoms with E-state index in [2.05, 4.69) is 5.32 Å². The number of benzene rings is 1. The van der Waals surface area contributed by atoms with E-state index in [0.29, 0.717) is 5.56 Å². The van der Waals surface area contributed by atoms with Crippen LogP contribution in [0.5, 0.6) is 0 Å². The van der Waals surface area contributed by atoms with E-state index in [1.54, 1.807) is 6.92 Å². The topological polar surface area (TPSA) is 86.6 Å². The minimum absolute atomic E-state index is 0.114. The van der Waals surface area contributed by atoms with E-state index in [1.165, 1.54) is 12.1 Å². The monoisotopic (exact) mass is 241 g/mol. The molecule has 0 fully saturated rings. The predicted molar refractivity (Wildman–Crippen MR) is 57.1 cm³/mol. The van der Waals surface area contributed by atoms with Crippen molar-refractivity contribution >= 4 is 11.9 Å². The van der Waals surface area contributed by atoms with Gasteiger partial charge in [0.2, 0.25) is 0 Å². The Balaban J connectivity index is 2.70. The number of nitrogens with one attached hydrogen (secondary N) is 1. The number of rotatable bonds is 4. The molecule has 1 aromatic carbocycles. The summed E-state index contributed by atoms with van der Waals surface area (Å²) in [4.78, 5) is 21.9. The summed E-state index contributed by atoms with van der Waals surface area (Å²) in [5.74, 6) is -2.61. The molecule has 0 aliphatic rings. The molecule has 17 heavy (non-hydrogen) atoms. The molecule has 6 heteroatoms. The van der Waals surface area contributed by atoms with Crippen LogP contribution in [-0.2, 0) is 4.79 Å². The van der Waals surface area contributed by atoms with Gasteiger partial charge in [-0.25, -0.2) is 9.18 Å². The van der Waals surface area contributed by atoms with Crippen molar-refractivity contribution in [2.24, 2.45) is 0 Å². The maximum Gasteiger partial charge on any atom is 0.334 e. The number of aryl methyl sites for hydroxylation is 1. The van der Waals surface area contributed by atoms with Crippen LogP contribution in [0.3, 0.4) is 0 Å². The summed E-state index contributed by atoms with van der Waals surface area (Å²) < 4.78 is 12.9. The van der Waals surface area contributed by atoms with Crippen LogP contribution in [0.4, 0.5) is 4.39 Å². The van der Waals surface area contributed by atoms with Gasteiger partial charge in [-0.3, -0.25) is 4.79 Å². The van der Waals surface area contributed by atoms with Gasteiger partial charge in [-0.05, 0) is 24.6 Å². The van der Waals surface area contributed by atoms with Gasteiger partial charge in [-0.1, -0.05) is 6.07 Å². The number of carbonyl (C=O) groups is 2. The molecule has 5 nitrogen and oxygen atoms in total. The molecular weight excluding hydrogens is 229 g/mol. The van der Waals surface area contributed by atoms with Crippen molar-refractivity contribution in [2.75, 3.05) is 6.54 Å². The van der Waals surface area contributed by atoms with E-state index < -0.39 is 30.3 Å². The van der Waals surface area contributed by atoms with E-state index in [-0.39, 0.29) is 5.56 Å². The van der Waals surface area contributed by atoms with Crippen LogP contribution < -0.4 is 5.32 Å². The Hall–Kier alpha value is -1.95. The zero-order valence-corrected chi connectivity index (χ0v) is 9.11. The molecule has 1 rings (SSSR count). The van der Waals surface area contributed by atoms with E-state index in [0.717, 1.165) is 6.07 Å². The van der Waals surface area contributed by atoms with Crippen LogP contribution in [0.25, 0.3) is 0 Å². The lowest BCUT2D eigenvalue weighted by atomic mass is 10.1. The lowest BCUT2D eigenvalue weighted by Crippen LogP contribution is -2.36. The highest BCUT2D eigenvalue weighted by Gasteiger charge is 2.16. The fourth-order valence-corrected chi connectivity index (χ4v) is 1.21. The first-order valence-electron chi connectivity index (χ1n) is 4.87. The Morgan fingerprint density at radius 2 is 2.12 bits per heavy atom. The second-order valence-electron chi connectivity index (χ2n) is 3.52. The summed E-state index contributed by atoms with van der Waals surface area (Å²) >= 11 is 0. The standard InChI is InChI=1S/C11H12FNO4/c1-6-2-3-7(12)4-8(6)10(15)13-5-9(14)11(16)17/h2-4,9,14H,5H2,1H3,(H,13,15)(H,16,17). The molecule has 3 N–H and O–H groups in total. The molecule has 0 saturated heterocycles. The zero-order valence-electron chi connectivity index (χ0n) is 9.11. The maximum atomic E-state index is 12.9. The molecule has 0 aliphatic carbocycles. The highest BCUT2D eigenvalue weighted by atomic mass is 19.1. The van der Waals surface area contributed by atoms with Gasteiger partial charge in [0.1, 0.15) is 5.82 Å². The highest BCUT2D eigenvalue weighted by molar-refractivity contribution is 5.95. The third-order valence-electron chi connectivity index (χ3n) is 2.19. The highest BCUT2D eigenvalue weighted by Crippen LogP contribution is 2.09. The zero-order chi connectivity index (χ0) is 13.0.